The maximum Gasteiger partial charge on any atom is 0.171 e. The van der Waals surface area contributed by atoms with Gasteiger partial charge in [-0.3, -0.25) is 0 Å². The van der Waals surface area contributed by atoms with Crippen molar-refractivity contribution in [3.8, 4) is 35.1 Å². The molecule has 0 fully saturated rings. The Morgan fingerprint density at radius 3 is 1.28 bits per heavy atom. The van der Waals surface area contributed by atoms with E-state index in [1.807, 2.05) is 26.0 Å². The van der Waals surface area contributed by atoms with Crippen molar-refractivity contribution in [2.45, 2.75) is 53.4 Å². The second kappa shape index (κ2) is 9.58. The van der Waals surface area contributed by atoms with Crippen LogP contribution in [0.1, 0.15) is 72.9 Å². The van der Waals surface area contributed by atoms with Crippen LogP contribution in [0.5, 0.6) is 23.0 Å². The molecule has 3 rings (SSSR count). The molecule has 0 aliphatic heterocycles. The molecular formula is C28H28N2O2. The highest BCUT2D eigenvalue weighted by molar-refractivity contribution is 5.59. The van der Waals surface area contributed by atoms with Gasteiger partial charge in [-0.2, -0.15) is 10.5 Å². The summed E-state index contributed by atoms with van der Waals surface area (Å²) in [6.45, 7) is 12.4. The van der Waals surface area contributed by atoms with E-state index in [-0.39, 0.29) is 23.0 Å². The van der Waals surface area contributed by atoms with Crippen LogP contribution in [-0.2, 0) is 0 Å². The quantitative estimate of drug-likeness (QED) is 0.404. The molecule has 0 saturated carbocycles. The Balaban J connectivity index is 2.16. The molecule has 32 heavy (non-hydrogen) atoms. The minimum absolute atomic E-state index is 0.252. The fraction of sp³-hybridized carbons (Fsp3) is 0.286. The molecule has 0 aromatic heterocycles. The van der Waals surface area contributed by atoms with Crippen LogP contribution in [0.2, 0.25) is 0 Å². The summed E-state index contributed by atoms with van der Waals surface area (Å²) >= 11 is 0. The van der Waals surface area contributed by atoms with Crippen LogP contribution in [0.25, 0.3) is 0 Å². The number of hydrogen-bond acceptors (Lipinski definition) is 4. The SMILES string of the molecule is Cc1ccc(C(C)C)c(Oc2cc(C#N)c(C#N)cc2Oc2cc(C)ccc2C(C)C)c1. The van der Waals surface area contributed by atoms with Crippen LogP contribution in [0, 0.1) is 36.5 Å². The first-order valence-electron chi connectivity index (χ1n) is 10.8. The highest BCUT2D eigenvalue weighted by Crippen LogP contribution is 2.41. The van der Waals surface area contributed by atoms with Crippen molar-refractivity contribution in [1.82, 2.24) is 0 Å². The maximum absolute atomic E-state index is 9.56. The molecule has 0 N–H and O–H groups in total. The molecule has 4 nitrogen and oxygen atoms in total. The zero-order chi connectivity index (χ0) is 23.4. The number of benzene rings is 3. The molecule has 3 aromatic carbocycles. The van der Waals surface area contributed by atoms with Crippen molar-refractivity contribution in [3.05, 3.63) is 81.9 Å². The number of hydrogen-bond donors (Lipinski definition) is 0. The predicted molar refractivity (Wildman–Crippen MR) is 127 cm³/mol. The summed E-state index contributed by atoms with van der Waals surface area (Å²) in [6.07, 6.45) is 0. The second-order valence-corrected chi connectivity index (χ2v) is 8.66. The Morgan fingerprint density at radius 1 is 0.594 bits per heavy atom. The first-order valence-corrected chi connectivity index (χ1v) is 10.8. The molecule has 0 bridgehead atoms. The summed E-state index contributed by atoms with van der Waals surface area (Å²) < 4.78 is 12.7. The molecule has 0 radical (unpaired) electrons. The van der Waals surface area contributed by atoms with Gasteiger partial charge in [0.15, 0.2) is 11.5 Å². The third-order valence-electron chi connectivity index (χ3n) is 5.35. The highest BCUT2D eigenvalue weighted by Gasteiger charge is 2.18. The molecule has 0 aliphatic carbocycles. The fourth-order valence-corrected chi connectivity index (χ4v) is 3.56. The van der Waals surface area contributed by atoms with Crippen LogP contribution < -0.4 is 9.47 Å². The topological polar surface area (TPSA) is 66.0 Å². The lowest BCUT2D eigenvalue weighted by atomic mass is 10.0. The van der Waals surface area contributed by atoms with Crippen molar-refractivity contribution in [2.75, 3.05) is 0 Å². The van der Waals surface area contributed by atoms with Gasteiger partial charge < -0.3 is 9.47 Å². The van der Waals surface area contributed by atoms with Gasteiger partial charge in [0.05, 0.1) is 11.1 Å². The minimum atomic E-state index is 0.252. The second-order valence-electron chi connectivity index (χ2n) is 8.66. The van der Waals surface area contributed by atoms with Gasteiger partial charge in [0.1, 0.15) is 23.6 Å². The Morgan fingerprint density at radius 2 is 0.969 bits per heavy atom. The van der Waals surface area contributed by atoms with Gasteiger partial charge in [-0.25, -0.2) is 0 Å². The summed E-state index contributed by atoms with van der Waals surface area (Å²) in [5.74, 6) is 2.76. The number of nitriles is 2. The van der Waals surface area contributed by atoms with E-state index in [0.29, 0.717) is 23.0 Å². The number of ether oxygens (including phenoxy) is 2. The Kier molecular flexibility index (Phi) is 6.86. The van der Waals surface area contributed by atoms with E-state index >= 15 is 0 Å². The lowest BCUT2D eigenvalue weighted by Gasteiger charge is -2.19. The lowest BCUT2D eigenvalue weighted by molar-refractivity contribution is 0.411. The average Bonchev–Trinajstić information content (AvgIpc) is 2.74. The van der Waals surface area contributed by atoms with Crippen molar-refractivity contribution >= 4 is 0 Å². The molecule has 3 aromatic rings. The van der Waals surface area contributed by atoms with E-state index in [9.17, 15) is 10.5 Å². The van der Waals surface area contributed by atoms with Crippen molar-refractivity contribution < 1.29 is 9.47 Å². The molecule has 0 unspecified atom stereocenters. The normalized spacial score (nSPS) is 10.7. The average molecular weight is 425 g/mol. The third-order valence-corrected chi connectivity index (χ3v) is 5.35. The van der Waals surface area contributed by atoms with Crippen LogP contribution in [0.15, 0.2) is 48.5 Å². The van der Waals surface area contributed by atoms with Crippen LogP contribution in [0.4, 0.5) is 0 Å². The van der Waals surface area contributed by atoms with Crippen LogP contribution in [-0.4, -0.2) is 0 Å². The minimum Gasteiger partial charge on any atom is -0.453 e. The van der Waals surface area contributed by atoms with Gasteiger partial charge in [0.2, 0.25) is 0 Å². The predicted octanol–water partition coefficient (Wildman–Crippen LogP) is 7.88. The van der Waals surface area contributed by atoms with E-state index in [0.717, 1.165) is 22.3 Å². The van der Waals surface area contributed by atoms with E-state index in [4.69, 9.17) is 9.47 Å². The van der Waals surface area contributed by atoms with E-state index in [1.54, 1.807) is 12.1 Å². The molecule has 0 spiro atoms. The van der Waals surface area contributed by atoms with Gasteiger partial charge >= 0.3 is 0 Å². The number of aryl methyl sites for hydroxylation is 2. The molecule has 162 valence electrons. The van der Waals surface area contributed by atoms with Gasteiger partial charge in [-0.15, -0.1) is 0 Å². The first-order chi connectivity index (χ1) is 15.2. The maximum atomic E-state index is 9.56. The molecule has 0 aliphatic rings. The van der Waals surface area contributed by atoms with E-state index in [2.05, 4.69) is 64.1 Å². The molecule has 0 heterocycles. The van der Waals surface area contributed by atoms with Crippen molar-refractivity contribution in [3.63, 3.8) is 0 Å². The zero-order valence-corrected chi connectivity index (χ0v) is 19.5. The monoisotopic (exact) mass is 424 g/mol. The fourth-order valence-electron chi connectivity index (χ4n) is 3.56. The highest BCUT2D eigenvalue weighted by atomic mass is 16.5. The van der Waals surface area contributed by atoms with Gasteiger partial charge in [-0.1, -0.05) is 52.0 Å². The summed E-state index contributed by atoms with van der Waals surface area (Å²) in [5.41, 5.74) is 4.76. The molecule has 0 saturated heterocycles. The number of rotatable bonds is 6. The van der Waals surface area contributed by atoms with E-state index < -0.39 is 0 Å². The zero-order valence-electron chi connectivity index (χ0n) is 19.5. The van der Waals surface area contributed by atoms with Crippen LogP contribution in [0.3, 0.4) is 0 Å². The number of nitrogens with zero attached hydrogens (tertiary/aromatic N) is 2. The van der Waals surface area contributed by atoms with E-state index in [1.165, 1.54) is 0 Å². The standard InChI is InChI=1S/C28H28N2O2/c1-17(2)23-9-7-19(5)11-25(23)31-27-13-21(15-29)22(16-30)14-28(27)32-26-12-20(6)8-10-24(26)18(3)4/h7-14,17-18H,1-6H3. The van der Waals surface area contributed by atoms with Gasteiger partial charge in [0.25, 0.3) is 0 Å². The molecule has 4 heteroatoms. The Labute approximate surface area is 190 Å². The lowest BCUT2D eigenvalue weighted by Crippen LogP contribution is -2.00. The third kappa shape index (κ3) is 4.93. The Hall–Kier alpha value is -3.76. The van der Waals surface area contributed by atoms with Crippen molar-refractivity contribution in [1.29, 1.82) is 10.5 Å². The first kappa shape index (κ1) is 22.9. The summed E-state index contributed by atoms with van der Waals surface area (Å²) in [5, 5.41) is 19.1. The Bertz CT molecular complexity index is 1130. The summed E-state index contributed by atoms with van der Waals surface area (Å²) in [6, 6.07) is 19.6. The van der Waals surface area contributed by atoms with Gasteiger partial charge in [0, 0.05) is 12.1 Å². The summed E-state index contributed by atoms with van der Waals surface area (Å²) in [4.78, 5) is 0. The van der Waals surface area contributed by atoms with Crippen molar-refractivity contribution in [2.24, 2.45) is 0 Å². The van der Waals surface area contributed by atoms with Crippen LogP contribution >= 0.6 is 0 Å². The molecule has 0 atom stereocenters. The summed E-state index contributed by atoms with van der Waals surface area (Å²) in [7, 11) is 0. The largest absolute Gasteiger partial charge is 0.453 e. The molecular weight excluding hydrogens is 396 g/mol. The smallest absolute Gasteiger partial charge is 0.171 e. The van der Waals surface area contributed by atoms with Gasteiger partial charge in [-0.05, 0) is 60.1 Å². The molecule has 0 amide bonds.